The fourth-order valence-corrected chi connectivity index (χ4v) is 6.71. The highest BCUT2D eigenvalue weighted by molar-refractivity contribution is 5.94. The van der Waals surface area contributed by atoms with Crippen LogP contribution in [-0.2, 0) is 19.2 Å². The average molecular weight is 533 g/mol. The zero-order valence-corrected chi connectivity index (χ0v) is 23.1. The molecule has 38 heavy (non-hydrogen) atoms. The first-order valence-corrected chi connectivity index (χ1v) is 15.0. The normalized spacial score (nSPS) is 27.3. The predicted octanol–water partition coefficient (Wildman–Crippen LogP) is 1.36. The van der Waals surface area contributed by atoms with Gasteiger partial charge in [-0.15, -0.1) is 0 Å². The van der Waals surface area contributed by atoms with Crippen LogP contribution in [0.5, 0.6) is 0 Å². The third kappa shape index (κ3) is 8.15. The second-order valence-electron chi connectivity index (χ2n) is 11.9. The Morgan fingerprint density at radius 1 is 0.895 bits per heavy atom. The number of carbonyl (C=O) groups is 4. The minimum absolute atomic E-state index is 0.0842. The molecule has 4 aliphatic rings. The lowest BCUT2D eigenvalue weighted by Gasteiger charge is -2.33. The van der Waals surface area contributed by atoms with Crippen LogP contribution in [0.3, 0.4) is 0 Å². The van der Waals surface area contributed by atoms with E-state index in [-0.39, 0.29) is 24.1 Å². The van der Waals surface area contributed by atoms with E-state index in [0.717, 1.165) is 51.5 Å². The molecule has 0 radical (unpaired) electrons. The van der Waals surface area contributed by atoms with Crippen LogP contribution in [-0.4, -0.2) is 72.8 Å². The molecule has 0 bridgehead atoms. The van der Waals surface area contributed by atoms with Crippen molar-refractivity contribution < 1.29 is 19.2 Å². The molecular weight excluding hydrogens is 484 g/mol. The summed E-state index contributed by atoms with van der Waals surface area (Å²) < 4.78 is 0. The molecule has 2 aliphatic heterocycles. The van der Waals surface area contributed by atoms with Gasteiger partial charge in [-0.05, 0) is 56.8 Å². The topological polar surface area (TPSA) is 132 Å². The molecule has 10 heteroatoms. The molecule has 2 saturated heterocycles. The lowest BCUT2D eigenvalue weighted by molar-refractivity contribution is -0.136. The summed E-state index contributed by atoms with van der Waals surface area (Å²) in [6.45, 7) is 4.55. The van der Waals surface area contributed by atoms with E-state index in [4.69, 9.17) is 0 Å². The van der Waals surface area contributed by atoms with E-state index in [1.165, 1.54) is 25.7 Å². The lowest BCUT2D eigenvalue weighted by Crippen LogP contribution is -2.55. The van der Waals surface area contributed by atoms with Gasteiger partial charge in [-0.3, -0.25) is 30.0 Å². The highest BCUT2D eigenvalue weighted by atomic mass is 16.2. The number of rotatable bonds is 11. The summed E-state index contributed by atoms with van der Waals surface area (Å²) in [6.07, 6.45) is 12.4. The molecule has 2 heterocycles. The number of likely N-dealkylation sites (tertiary alicyclic amines) is 1. The Morgan fingerprint density at radius 2 is 1.66 bits per heavy atom. The van der Waals surface area contributed by atoms with Crippen molar-refractivity contribution in [2.45, 2.75) is 109 Å². The van der Waals surface area contributed by atoms with Crippen molar-refractivity contribution in [2.75, 3.05) is 26.2 Å². The molecule has 0 aromatic carbocycles. The molecule has 4 fully saturated rings. The second kappa shape index (κ2) is 14.3. The van der Waals surface area contributed by atoms with E-state index in [2.05, 4.69) is 26.8 Å². The SMILES string of the molecule is C[C@H](NC(=O)[C@H](CC(=O)N1CCCC1)NC(=O)CCC1CCCCC1)C(=O)NCC1CCCC2CNNC21. The van der Waals surface area contributed by atoms with E-state index in [1.807, 2.05) is 0 Å². The molecule has 3 unspecified atom stereocenters. The van der Waals surface area contributed by atoms with Gasteiger partial charge in [0.2, 0.25) is 23.6 Å². The maximum Gasteiger partial charge on any atom is 0.243 e. The van der Waals surface area contributed by atoms with Crippen molar-refractivity contribution in [3.8, 4) is 0 Å². The number of amides is 4. The quantitative estimate of drug-likeness (QED) is 0.273. The van der Waals surface area contributed by atoms with Gasteiger partial charge in [-0.1, -0.05) is 38.5 Å². The molecule has 0 aromatic rings. The Bertz CT molecular complexity index is 826. The van der Waals surface area contributed by atoms with Gasteiger partial charge >= 0.3 is 0 Å². The summed E-state index contributed by atoms with van der Waals surface area (Å²) in [5.74, 6) is 0.448. The molecule has 4 rings (SSSR count). The Balaban J connectivity index is 1.27. The zero-order chi connectivity index (χ0) is 26.9. The molecule has 0 spiro atoms. The Morgan fingerprint density at radius 3 is 2.42 bits per heavy atom. The van der Waals surface area contributed by atoms with Crippen molar-refractivity contribution in [1.29, 1.82) is 0 Å². The van der Waals surface area contributed by atoms with Crippen LogP contribution in [0.4, 0.5) is 0 Å². The third-order valence-corrected chi connectivity index (χ3v) is 9.08. The molecule has 2 saturated carbocycles. The van der Waals surface area contributed by atoms with Crippen LogP contribution in [0.25, 0.3) is 0 Å². The van der Waals surface area contributed by atoms with Crippen molar-refractivity contribution in [2.24, 2.45) is 17.8 Å². The number of hydrazine groups is 1. The molecule has 2 aliphatic carbocycles. The monoisotopic (exact) mass is 532 g/mol. The number of nitrogens with zero attached hydrogens (tertiary/aromatic N) is 1. The van der Waals surface area contributed by atoms with Gasteiger partial charge in [-0.2, -0.15) is 0 Å². The number of hydrogen-bond acceptors (Lipinski definition) is 6. The maximum absolute atomic E-state index is 13.2. The van der Waals surface area contributed by atoms with Gasteiger partial charge < -0.3 is 20.9 Å². The van der Waals surface area contributed by atoms with Gasteiger partial charge in [0.15, 0.2) is 0 Å². The summed E-state index contributed by atoms with van der Waals surface area (Å²) >= 11 is 0. The zero-order valence-electron chi connectivity index (χ0n) is 23.1. The van der Waals surface area contributed by atoms with Gasteiger partial charge in [0.1, 0.15) is 12.1 Å². The number of nitrogens with one attached hydrogen (secondary N) is 5. The van der Waals surface area contributed by atoms with E-state index in [0.29, 0.717) is 49.9 Å². The van der Waals surface area contributed by atoms with Crippen LogP contribution >= 0.6 is 0 Å². The van der Waals surface area contributed by atoms with E-state index >= 15 is 0 Å². The lowest BCUT2D eigenvalue weighted by atomic mass is 9.78. The smallest absolute Gasteiger partial charge is 0.243 e. The second-order valence-corrected chi connectivity index (χ2v) is 11.9. The molecule has 4 amide bonds. The molecule has 214 valence electrons. The predicted molar refractivity (Wildman–Crippen MR) is 145 cm³/mol. The maximum atomic E-state index is 13.2. The number of carbonyl (C=O) groups excluding carboxylic acids is 4. The van der Waals surface area contributed by atoms with Crippen molar-refractivity contribution in [3.63, 3.8) is 0 Å². The first-order valence-electron chi connectivity index (χ1n) is 15.0. The minimum Gasteiger partial charge on any atom is -0.354 e. The van der Waals surface area contributed by atoms with Gasteiger partial charge in [0, 0.05) is 38.6 Å². The molecule has 5 atom stereocenters. The fraction of sp³-hybridized carbons (Fsp3) is 0.857. The molecule has 0 aromatic heterocycles. The average Bonchev–Trinajstić information content (AvgIpc) is 3.63. The molecule has 10 nitrogen and oxygen atoms in total. The largest absolute Gasteiger partial charge is 0.354 e. The van der Waals surface area contributed by atoms with E-state index < -0.39 is 18.0 Å². The Hall–Kier alpha value is -2.20. The van der Waals surface area contributed by atoms with E-state index in [9.17, 15) is 19.2 Å². The van der Waals surface area contributed by atoms with Gasteiger partial charge in [-0.25, -0.2) is 0 Å². The Kier molecular flexibility index (Phi) is 10.8. The van der Waals surface area contributed by atoms with Crippen LogP contribution in [0.15, 0.2) is 0 Å². The first-order chi connectivity index (χ1) is 18.4. The van der Waals surface area contributed by atoms with Crippen LogP contribution in [0.2, 0.25) is 0 Å². The molecular formula is C28H48N6O4. The summed E-state index contributed by atoms with van der Waals surface area (Å²) in [4.78, 5) is 53.4. The Labute approximate surface area is 227 Å². The molecule has 5 N–H and O–H groups in total. The third-order valence-electron chi connectivity index (χ3n) is 9.08. The van der Waals surface area contributed by atoms with Crippen LogP contribution in [0.1, 0.15) is 90.4 Å². The van der Waals surface area contributed by atoms with Crippen molar-refractivity contribution in [3.05, 3.63) is 0 Å². The summed E-state index contributed by atoms with van der Waals surface area (Å²) in [7, 11) is 0. The van der Waals surface area contributed by atoms with Gasteiger partial charge in [0.05, 0.1) is 6.42 Å². The summed E-state index contributed by atoms with van der Waals surface area (Å²) in [6, 6.07) is -1.39. The summed E-state index contributed by atoms with van der Waals surface area (Å²) in [5, 5.41) is 8.58. The van der Waals surface area contributed by atoms with Gasteiger partial charge in [0.25, 0.3) is 0 Å². The highest BCUT2D eigenvalue weighted by Gasteiger charge is 2.37. The van der Waals surface area contributed by atoms with Crippen LogP contribution in [0, 0.1) is 17.8 Å². The number of fused-ring (bicyclic) bond motifs is 1. The minimum atomic E-state index is -0.981. The summed E-state index contributed by atoms with van der Waals surface area (Å²) in [5.41, 5.74) is 6.59. The van der Waals surface area contributed by atoms with Crippen molar-refractivity contribution >= 4 is 23.6 Å². The van der Waals surface area contributed by atoms with Crippen LogP contribution < -0.4 is 26.8 Å². The highest BCUT2D eigenvalue weighted by Crippen LogP contribution is 2.31. The first kappa shape index (κ1) is 28.8. The van der Waals surface area contributed by atoms with Crippen molar-refractivity contribution in [1.82, 2.24) is 31.7 Å². The fourth-order valence-electron chi connectivity index (χ4n) is 6.71. The van der Waals surface area contributed by atoms with E-state index in [1.54, 1.807) is 11.8 Å². The standard InChI is InChI=1S/C28H48N6O4/c1-19(27(37)29-17-21-10-7-11-22-18-30-33-26(21)22)31-28(38)23(16-25(36)34-14-5-6-15-34)32-24(35)13-12-20-8-3-2-4-9-20/h19-23,26,30,33H,2-18H2,1H3,(H,29,37)(H,31,38)(H,32,35)/t19-,21?,22?,23-,26?/m0/s1. The number of hydrogen-bond donors (Lipinski definition) is 5.